The summed E-state index contributed by atoms with van der Waals surface area (Å²) in [5.41, 5.74) is 1.12. The molecule has 1 aromatic carbocycles. The standard InChI is InChI=1S/C19H24FN5OS/c20-17-5-3-16(4-6-17)15-27-14-2-9-23-19(26)25-12-10-24(11-13-25)18-21-7-1-8-22-18/h1,3-8H,2,9-15H2,(H,23,26). The van der Waals surface area contributed by atoms with E-state index in [4.69, 9.17) is 0 Å². The van der Waals surface area contributed by atoms with Crippen LogP contribution in [0.2, 0.25) is 0 Å². The number of amides is 2. The number of hydrogen-bond acceptors (Lipinski definition) is 5. The Morgan fingerprint density at radius 2 is 1.81 bits per heavy atom. The van der Waals surface area contributed by atoms with Gasteiger partial charge in [0.05, 0.1) is 0 Å². The van der Waals surface area contributed by atoms with Gasteiger partial charge in [0.15, 0.2) is 0 Å². The lowest BCUT2D eigenvalue weighted by molar-refractivity contribution is 0.194. The third-order valence-electron chi connectivity index (χ3n) is 4.33. The highest BCUT2D eigenvalue weighted by Crippen LogP contribution is 2.13. The van der Waals surface area contributed by atoms with Gasteiger partial charge in [-0.05, 0) is 35.9 Å². The highest BCUT2D eigenvalue weighted by atomic mass is 32.2. The van der Waals surface area contributed by atoms with Crippen LogP contribution in [-0.2, 0) is 5.75 Å². The van der Waals surface area contributed by atoms with Gasteiger partial charge in [0.2, 0.25) is 5.95 Å². The molecule has 6 nitrogen and oxygen atoms in total. The smallest absolute Gasteiger partial charge is 0.317 e. The van der Waals surface area contributed by atoms with Gasteiger partial charge in [-0.1, -0.05) is 12.1 Å². The van der Waals surface area contributed by atoms with Crippen molar-refractivity contribution in [1.29, 1.82) is 0 Å². The van der Waals surface area contributed by atoms with Crippen molar-refractivity contribution >= 4 is 23.7 Å². The van der Waals surface area contributed by atoms with E-state index >= 15 is 0 Å². The summed E-state index contributed by atoms with van der Waals surface area (Å²) >= 11 is 1.79. The van der Waals surface area contributed by atoms with Gasteiger partial charge in [0, 0.05) is 50.9 Å². The van der Waals surface area contributed by atoms with Crippen molar-refractivity contribution in [3.8, 4) is 0 Å². The number of thioether (sulfide) groups is 1. The topological polar surface area (TPSA) is 61.4 Å². The number of halogens is 1. The highest BCUT2D eigenvalue weighted by Gasteiger charge is 2.21. The SMILES string of the molecule is O=C(NCCCSCc1ccc(F)cc1)N1CCN(c2ncccn2)CC1. The Hall–Kier alpha value is -2.35. The van der Waals surface area contributed by atoms with E-state index < -0.39 is 0 Å². The van der Waals surface area contributed by atoms with Crippen LogP contribution in [0.3, 0.4) is 0 Å². The molecule has 1 N–H and O–H groups in total. The Balaban J connectivity index is 1.27. The van der Waals surface area contributed by atoms with E-state index in [1.165, 1.54) is 12.1 Å². The quantitative estimate of drug-likeness (QED) is 0.738. The monoisotopic (exact) mass is 389 g/mol. The van der Waals surface area contributed by atoms with E-state index in [9.17, 15) is 9.18 Å². The number of carbonyl (C=O) groups excluding carboxylic acids is 1. The zero-order valence-electron chi connectivity index (χ0n) is 15.2. The summed E-state index contributed by atoms with van der Waals surface area (Å²) in [5, 5.41) is 2.99. The summed E-state index contributed by atoms with van der Waals surface area (Å²) in [4.78, 5) is 24.7. The second-order valence-corrected chi connectivity index (χ2v) is 7.39. The first-order chi connectivity index (χ1) is 13.2. The number of rotatable bonds is 7. The fraction of sp³-hybridized carbons (Fsp3) is 0.421. The summed E-state index contributed by atoms with van der Waals surface area (Å²) in [6.45, 7) is 3.49. The van der Waals surface area contributed by atoms with E-state index in [2.05, 4.69) is 20.2 Å². The number of nitrogens with zero attached hydrogens (tertiary/aromatic N) is 4. The molecular formula is C19H24FN5OS. The minimum absolute atomic E-state index is 0.00725. The number of hydrogen-bond donors (Lipinski definition) is 1. The molecule has 144 valence electrons. The van der Waals surface area contributed by atoms with E-state index in [1.54, 1.807) is 30.2 Å². The fourth-order valence-corrected chi connectivity index (χ4v) is 3.74. The Morgan fingerprint density at radius 1 is 1.11 bits per heavy atom. The predicted molar refractivity (Wildman–Crippen MR) is 106 cm³/mol. The van der Waals surface area contributed by atoms with Gasteiger partial charge in [-0.3, -0.25) is 0 Å². The molecule has 0 unspecified atom stereocenters. The molecule has 0 radical (unpaired) electrons. The lowest BCUT2D eigenvalue weighted by atomic mass is 10.2. The summed E-state index contributed by atoms with van der Waals surface area (Å²) in [6, 6.07) is 8.38. The molecule has 27 heavy (non-hydrogen) atoms. The average Bonchev–Trinajstić information content (AvgIpc) is 2.72. The van der Waals surface area contributed by atoms with Crippen molar-refractivity contribution in [2.45, 2.75) is 12.2 Å². The van der Waals surface area contributed by atoms with Crippen LogP contribution in [0.5, 0.6) is 0 Å². The van der Waals surface area contributed by atoms with Crippen LogP contribution in [0.4, 0.5) is 15.1 Å². The van der Waals surface area contributed by atoms with Crippen LogP contribution in [-0.4, -0.2) is 59.4 Å². The lowest BCUT2D eigenvalue weighted by Gasteiger charge is -2.34. The first-order valence-electron chi connectivity index (χ1n) is 9.09. The molecule has 2 amide bonds. The normalized spacial score (nSPS) is 14.3. The Labute approximate surface area is 163 Å². The number of nitrogens with one attached hydrogen (secondary N) is 1. The molecule has 3 rings (SSSR count). The van der Waals surface area contributed by atoms with Crippen LogP contribution >= 0.6 is 11.8 Å². The number of anilines is 1. The van der Waals surface area contributed by atoms with Crippen LogP contribution < -0.4 is 10.2 Å². The number of piperazine rings is 1. The maximum atomic E-state index is 12.9. The van der Waals surface area contributed by atoms with E-state index in [0.717, 1.165) is 42.5 Å². The first-order valence-corrected chi connectivity index (χ1v) is 10.2. The first kappa shape index (κ1) is 19.4. The second-order valence-electron chi connectivity index (χ2n) is 6.29. The third kappa shape index (κ3) is 6.09. The van der Waals surface area contributed by atoms with Crippen molar-refractivity contribution in [1.82, 2.24) is 20.2 Å². The van der Waals surface area contributed by atoms with Crippen LogP contribution in [0.15, 0.2) is 42.7 Å². The largest absolute Gasteiger partial charge is 0.338 e. The zero-order chi connectivity index (χ0) is 18.9. The molecular weight excluding hydrogens is 365 g/mol. The number of benzene rings is 1. The Kier molecular flexibility index (Phi) is 7.27. The van der Waals surface area contributed by atoms with Gasteiger partial charge in [-0.25, -0.2) is 19.2 Å². The van der Waals surface area contributed by atoms with Crippen molar-refractivity contribution in [2.24, 2.45) is 0 Å². The molecule has 1 fully saturated rings. The Bertz CT molecular complexity index is 708. The summed E-state index contributed by atoms with van der Waals surface area (Å²) in [6.07, 6.45) is 4.38. The fourth-order valence-electron chi connectivity index (χ4n) is 2.82. The van der Waals surface area contributed by atoms with Crippen molar-refractivity contribution in [3.63, 3.8) is 0 Å². The van der Waals surface area contributed by atoms with Gasteiger partial charge in [-0.15, -0.1) is 0 Å². The van der Waals surface area contributed by atoms with Gasteiger partial charge in [0.1, 0.15) is 5.82 Å². The summed E-state index contributed by atoms with van der Waals surface area (Å²) < 4.78 is 12.9. The average molecular weight is 390 g/mol. The van der Waals surface area contributed by atoms with E-state index in [-0.39, 0.29) is 11.8 Å². The lowest BCUT2D eigenvalue weighted by Crippen LogP contribution is -2.52. The molecule has 8 heteroatoms. The van der Waals surface area contributed by atoms with E-state index in [1.807, 2.05) is 17.0 Å². The summed E-state index contributed by atoms with van der Waals surface area (Å²) in [5.74, 6) is 2.33. The second kappa shape index (κ2) is 10.1. The zero-order valence-corrected chi connectivity index (χ0v) is 16.0. The molecule has 0 atom stereocenters. The molecule has 0 aliphatic carbocycles. The maximum Gasteiger partial charge on any atom is 0.317 e. The van der Waals surface area contributed by atoms with Crippen LogP contribution in [0.25, 0.3) is 0 Å². The number of carbonyl (C=O) groups is 1. The molecule has 0 saturated carbocycles. The predicted octanol–water partition coefficient (Wildman–Crippen LogP) is 2.77. The molecule has 2 heterocycles. The van der Waals surface area contributed by atoms with Gasteiger partial charge >= 0.3 is 6.03 Å². The molecule has 0 bridgehead atoms. The minimum Gasteiger partial charge on any atom is -0.338 e. The molecule has 1 saturated heterocycles. The maximum absolute atomic E-state index is 12.9. The highest BCUT2D eigenvalue weighted by molar-refractivity contribution is 7.98. The third-order valence-corrected chi connectivity index (χ3v) is 5.44. The van der Waals surface area contributed by atoms with Crippen molar-refractivity contribution < 1.29 is 9.18 Å². The van der Waals surface area contributed by atoms with E-state index in [0.29, 0.717) is 19.6 Å². The van der Waals surface area contributed by atoms with Gasteiger partial charge in [-0.2, -0.15) is 11.8 Å². The minimum atomic E-state index is -0.205. The summed E-state index contributed by atoms with van der Waals surface area (Å²) in [7, 11) is 0. The molecule has 1 aliphatic heterocycles. The Morgan fingerprint density at radius 3 is 2.52 bits per heavy atom. The molecule has 2 aromatic rings. The van der Waals surface area contributed by atoms with Crippen LogP contribution in [0, 0.1) is 5.82 Å². The van der Waals surface area contributed by atoms with Crippen molar-refractivity contribution in [3.05, 3.63) is 54.1 Å². The van der Waals surface area contributed by atoms with Gasteiger partial charge < -0.3 is 15.1 Å². The van der Waals surface area contributed by atoms with Gasteiger partial charge in [0.25, 0.3) is 0 Å². The van der Waals surface area contributed by atoms with Crippen LogP contribution in [0.1, 0.15) is 12.0 Å². The molecule has 1 aliphatic rings. The molecule has 0 spiro atoms. The van der Waals surface area contributed by atoms with Crippen molar-refractivity contribution in [2.75, 3.05) is 43.4 Å². The number of urea groups is 1. The molecule has 1 aromatic heterocycles. The number of aromatic nitrogens is 2.